The van der Waals surface area contributed by atoms with E-state index in [-0.39, 0.29) is 17.6 Å². The van der Waals surface area contributed by atoms with Gasteiger partial charge in [0.2, 0.25) is 5.43 Å². The molecule has 98 valence electrons. The molecule has 0 spiro atoms. The van der Waals surface area contributed by atoms with E-state index in [1.807, 2.05) is 20.8 Å². The number of amides is 1. The van der Waals surface area contributed by atoms with E-state index in [1.54, 1.807) is 9.47 Å². The average Bonchev–Trinajstić information content (AvgIpc) is 2.33. The Morgan fingerprint density at radius 1 is 1.33 bits per heavy atom. The first kappa shape index (κ1) is 12.7. The van der Waals surface area contributed by atoms with E-state index >= 15 is 0 Å². The molecule has 2 rings (SSSR count). The monoisotopic (exact) mass is 250 g/mol. The van der Waals surface area contributed by atoms with Crippen molar-refractivity contribution in [3.05, 3.63) is 27.7 Å². The van der Waals surface area contributed by atoms with E-state index in [0.717, 1.165) is 5.69 Å². The van der Waals surface area contributed by atoms with Crippen LogP contribution in [0.15, 0.2) is 10.9 Å². The molecule has 0 fully saturated rings. The maximum Gasteiger partial charge on any atom is 0.274 e. The summed E-state index contributed by atoms with van der Waals surface area (Å²) in [5, 5.41) is 9.85. The third-order valence-electron chi connectivity index (χ3n) is 3.39. The van der Waals surface area contributed by atoms with Gasteiger partial charge in [-0.15, -0.1) is 0 Å². The quantitative estimate of drug-likeness (QED) is 0.851. The summed E-state index contributed by atoms with van der Waals surface area (Å²) < 4.78 is 1.76. The van der Waals surface area contributed by atoms with Gasteiger partial charge in [0.1, 0.15) is 0 Å². The topological polar surface area (TPSA) is 62.5 Å². The van der Waals surface area contributed by atoms with Crippen LogP contribution < -0.4 is 5.43 Å². The Bertz CT molecular complexity index is 546. The van der Waals surface area contributed by atoms with Gasteiger partial charge >= 0.3 is 0 Å². The van der Waals surface area contributed by atoms with Gasteiger partial charge in [-0.1, -0.05) is 6.92 Å². The zero-order chi connectivity index (χ0) is 13.4. The minimum Gasteiger partial charge on any atom is -0.503 e. The number of fused-ring (bicyclic) bond motifs is 1. The van der Waals surface area contributed by atoms with Crippen molar-refractivity contribution in [2.24, 2.45) is 0 Å². The van der Waals surface area contributed by atoms with Crippen LogP contribution in [0.1, 0.15) is 37.0 Å². The smallest absolute Gasteiger partial charge is 0.274 e. The second-order valence-electron chi connectivity index (χ2n) is 4.79. The number of pyridine rings is 1. The second kappa shape index (κ2) is 4.48. The molecule has 5 heteroatoms. The number of carbonyl (C=O) groups excluding carboxylic acids is 1. The third kappa shape index (κ3) is 1.79. The Kier molecular flexibility index (Phi) is 3.15. The Morgan fingerprint density at radius 2 is 2.00 bits per heavy atom. The van der Waals surface area contributed by atoms with Gasteiger partial charge in [-0.3, -0.25) is 9.59 Å². The van der Waals surface area contributed by atoms with Gasteiger partial charge < -0.3 is 14.6 Å². The molecule has 18 heavy (non-hydrogen) atoms. The molecule has 0 aliphatic carbocycles. The zero-order valence-electron chi connectivity index (χ0n) is 10.9. The molecular formula is C13H18N2O3. The van der Waals surface area contributed by atoms with Crippen molar-refractivity contribution in [2.45, 2.75) is 39.8 Å². The van der Waals surface area contributed by atoms with Crippen LogP contribution >= 0.6 is 0 Å². The maximum absolute atomic E-state index is 12.3. The highest BCUT2D eigenvalue weighted by molar-refractivity contribution is 5.96. The fourth-order valence-corrected chi connectivity index (χ4v) is 2.39. The first-order valence-corrected chi connectivity index (χ1v) is 6.24. The highest BCUT2D eigenvalue weighted by Gasteiger charge is 2.30. The Morgan fingerprint density at radius 3 is 2.56 bits per heavy atom. The largest absolute Gasteiger partial charge is 0.503 e. The van der Waals surface area contributed by atoms with Crippen molar-refractivity contribution >= 4 is 5.91 Å². The number of aryl methyl sites for hydroxylation is 1. The summed E-state index contributed by atoms with van der Waals surface area (Å²) in [5.74, 6) is -0.691. The second-order valence-corrected chi connectivity index (χ2v) is 4.79. The highest BCUT2D eigenvalue weighted by atomic mass is 16.3. The van der Waals surface area contributed by atoms with Crippen LogP contribution in [0.25, 0.3) is 0 Å². The third-order valence-corrected chi connectivity index (χ3v) is 3.39. The number of hydrogen-bond acceptors (Lipinski definition) is 3. The number of carbonyl (C=O) groups is 1. The SMILES string of the molecule is CCc1cc(=O)c(O)c2n1CCN(C(C)C)C2=O. The molecule has 1 aliphatic heterocycles. The fraction of sp³-hybridized carbons (Fsp3) is 0.538. The van der Waals surface area contributed by atoms with E-state index in [1.165, 1.54) is 6.07 Å². The number of aromatic nitrogens is 1. The van der Waals surface area contributed by atoms with Gasteiger partial charge in [0.05, 0.1) is 0 Å². The summed E-state index contributed by atoms with van der Waals surface area (Å²) in [7, 11) is 0. The summed E-state index contributed by atoms with van der Waals surface area (Å²) in [6.45, 7) is 7.01. The standard InChI is InChI=1S/C13H18N2O3/c1-4-9-7-10(16)12(17)11-13(18)14(8(2)3)5-6-15(9)11/h7-8,17H,4-6H2,1-3H3. The molecule has 1 aromatic rings. The molecule has 0 saturated carbocycles. The lowest BCUT2D eigenvalue weighted by atomic mass is 10.1. The average molecular weight is 250 g/mol. The lowest BCUT2D eigenvalue weighted by molar-refractivity contribution is 0.0639. The Hall–Kier alpha value is -1.78. The van der Waals surface area contributed by atoms with E-state index in [2.05, 4.69) is 0 Å². The molecule has 1 aliphatic rings. The van der Waals surface area contributed by atoms with Gasteiger partial charge in [-0.2, -0.15) is 0 Å². The summed E-state index contributed by atoms with van der Waals surface area (Å²) in [5.41, 5.74) is 0.459. The molecule has 1 aromatic heterocycles. The van der Waals surface area contributed by atoms with E-state index in [9.17, 15) is 14.7 Å². The lowest BCUT2D eigenvalue weighted by Crippen LogP contribution is -2.45. The van der Waals surface area contributed by atoms with E-state index in [0.29, 0.717) is 19.5 Å². The van der Waals surface area contributed by atoms with Gasteiger partial charge in [-0.25, -0.2) is 0 Å². The fourth-order valence-electron chi connectivity index (χ4n) is 2.39. The van der Waals surface area contributed by atoms with E-state index < -0.39 is 11.2 Å². The van der Waals surface area contributed by atoms with Crippen LogP contribution in [0.4, 0.5) is 0 Å². The molecule has 0 atom stereocenters. The molecular weight excluding hydrogens is 232 g/mol. The van der Waals surface area contributed by atoms with Crippen molar-refractivity contribution in [1.82, 2.24) is 9.47 Å². The van der Waals surface area contributed by atoms with Crippen molar-refractivity contribution in [2.75, 3.05) is 6.54 Å². The van der Waals surface area contributed by atoms with Crippen molar-refractivity contribution in [3.8, 4) is 5.75 Å². The van der Waals surface area contributed by atoms with Crippen LogP contribution in [0.5, 0.6) is 5.75 Å². The minimum atomic E-state index is -0.475. The summed E-state index contributed by atoms with van der Waals surface area (Å²) >= 11 is 0. The predicted molar refractivity (Wildman–Crippen MR) is 67.9 cm³/mol. The van der Waals surface area contributed by atoms with Crippen LogP contribution in [-0.4, -0.2) is 33.1 Å². The Balaban J connectivity index is 2.64. The first-order chi connectivity index (χ1) is 8.47. The molecule has 1 amide bonds. The number of nitrogens with zero attached hydrogens (tertiary/aromatic N) is 2. The summed E-state index contributed by atoms with van der Waals surface area (Å²) in [6.07, 6.45) is 0.664. The zero-order valence-corrected chi connectivity index (χ0v) is 10.9. The minimum absolute atomic E-state index is 0.0611. The van der Waals surface area contributed by atoms with Crippen molar-refractivity contribution < 1.29 is 9.90 Å². The van der Waals surface area contributed by atoms with Gasteiger partial charge in [0.25, 0.3) is 5.91 Å². The van der Waals surface area contributed by atoms with Crippen LogP contribution in [0.2, 0.25) is 0 Å². The summed E-state index contributed by atoms with van der Waals surface area (Å²) in [6, 6.07) is 1.47. The van der Waals surface area contributed by atoms with Gasteiger partial charge in [-0.05, 0) is 20.3 Å². The first-order valence-electron chi connectivity index (χ1n) is 6.24. The highest BCUT2D eigenvalue weighted by Crippen LogP contribution is 2.22. The van der Waals surface area contributed by atoms with Crippen molar-refractivity contribution in [1.29, 1.82) is 0 Å². The lowest BCUT2D eigenvalue weighted by Gasteiger charge is -2.34. The molecule has 5 nitrogen and oxygen atoms in total. The molecule has 0 bridgehead atoms. The van der Waals surface area contributed by atoms with E-state index in [4.69, 9.17) is 0 Å². The number of rotatable bonds is 2. The molecule has 0 unspecified atom stereocenters. The van der Waals surface area contributed by atoms with Crippen LogP contribution in [0, 0.1) is 0 Å². The van der Waals surface area contributed by atoms with Gasteiger partial charge in [0.15, 0.2) is 11.4 Å². The van der Waals surface area contributed by atoms with Crippen molar-refractivity contribution in [3.63, 3.8) is 0 Å². The predicted octanol–water partition coefficient (Wildman–Crippen LogP) is 0.980. The number of hydrogen-bond donors (Lipinski definition) is 1. The van der Waals surface area contributed by atoms with Gasteiger partial charge in [0, 0.05) is 30.9 Å². The molecule has 0 aromatic carbocycles. The molecule has 2 heterocycles. The Labute approximate surface area is 106 Å². The summed E-state index contributed by atoms with van der Waals surface area (Å²) in [4.78, 5) is 25.6. The normalized spacial score (nSPS) is 15.1. The molecule has 1 N–H and O–H groups in total. The maximum atomic E-state index is 12.3. The molecule has 0 saturated heterocycles. The number of aromatic hydroxyl groups is 1. The van der Waals surface area contributed by atoms with Crippen LogP contribution in [-0.2, 0) is 13.0 Å². The van der Waals surface area contributed by atoms with Crippen LogP contribution in [0.3, 0.4) is 0 Å². The molecule has 0 radical (unpaired) electrons.